The summed E-state index contributed by atoms with van der Waals surface area (Å²) in [5.41, 5.74) is 7.58. The predicted molar refractivity (Wildman–Crippen MR) is 224 cm³/mol. The zero-order chi connectivity index (χ0) is 40.5. The predicted octanol–water partition coefficient (Wildman–Crippen LogP) is 5.88. The van der Waals surface area contributed by atoms with E-state index in [0.29, 0.717) is 55.4 Å². The first-order valence-corrected chi connectivity index (χ1v) is 30.3. The molecule has 2 unspecified atom stereocenters. The monoisotopic (exact) mass is 1140 g/mol. The molecular weight excluding hydrogens is 1090 g/mol. The zero-order valence-corrected chi connectivity index (χ0v) is 38.4. The number of ether oxygens (including phenoxy) is 4. The molecule has 19 heteroatoms. The maximum Gasteiger partial charge on any atom is 0.224 e. The number of amidine groups is 1. The van der Waals surface area contributed by atoms with E-state index in [1.54, 1.807) is 39.0 Å². The number of benzene rings is 2. The van der Waals surface area contributed by atoms with E-state index in [9.17, 15) is 14.4 Å². The van der Waals surface area contributed by atoms with Gasteiger partial charge in [-0.2, -0.15) is 4.98 Å². The van der Waals surface area contributed by atoms with Gasteiger partial charge in [0.15, 0.2) is 5.84 Å². The Morgan fingerprint density at radius 3 is 1.82 bits per heavy atom. The SMILES string of the molecule is C.CC(C)(C)OC(=O)NC1COc2cc(-c3noc(C4CC4)n3)ccc21.CC(C)(C)OC(=O)NC1COc2cc(C(N)=NO)ccc21.I[I-]I.O=C(Cl)C1CC1. The van der Waals surface area contributed by atoms with Crippen LogP contribution in [-0.2, 0) is 14.3 Å². The Kier molecular flexibility index (Phi) is 18.0. The van der Waals surface area contributed by atoms with E-state index >= 15 is 0 Å². The van der Waals surface area contributed by atoms with Crippen LogP contribution < -0.4 is 39.1 Å². The van der Waals surface area contributed by atoms with Gasteiger partial charge in [0.05, 0.1) is 12.1 Å². The number of hydrogen-bond donors (Lipinski definition) is 4. The van der Waals surface area contributed by atoms with Crippen LogP contribution in [0.2, 0.25) is 0 Å². The van der Waals surface area contributed by atoms with Gasteiger partial charge in [0.1, 0.15) is 35.9 Å². The Hall–Kier alpha value is -2.86. The second kappa shape index (κ2) is 21.2. The number of hydrogen-bond acceptors (Lipinski definition) is 12. The van der Waals surface area contributed by atoms with E-state index < -0.39 is 23.4 Å². The van der Waals surface area contributed by atoms with E-state index in [2.05, 4.69) is 63.2 Å². The average Bonchev–Trinajstić information content (AvgIpc) is 4.02. The van der Waals surface area contributed by atoms with Crippen molar-refractivity contribution in [2.75, 3.05) is 13.2 Å². The summed E-state index contributed by atoms with van der Waals surface area (Å²) in [6.45, 7) is 11.6. The average molecular weight is 1140 g/mol. The number of nitrogens with zero attached hydrogens (tertiary/aromatic N) is 3. The Bertz CT molecular complexity index is 1840. The second-order valence-electron chi connectivity index (χ2n) is 14.9. The molecular formula is C37H49ClI3N6O9-. The number of nitrogens with one attached hydrogen (secondary N) is 2. The molecule has 2 aliphatic heterocycles. The van der Waals surface area contributed by atoms with Crippen LogP contribution in [0.3, 0.4) is 0 Å². The number of halogens is 4. The molecule has 1 aromatic heterocycles. The topological polar surface area (TPSA) is 210 Å². The fourth-order valence-electron chi connectivity index (χ4n) is 5.07. The Morgan fingerprint density at radius 2 is 1.39 bits per heavy atom. The maximum atomic E-state index is 12.0. The minimum absolute atomic E-state index is 0. The van der Waals surface area contributed by atoms with Crippen LogP contribution in [0.1, 0.15) is 115 Å². The van der Waals surface area contributed by atoms with Crippen molar-refractivity contribution < 1.29 is 56.3 Å². The smallest absolute Gasteiger partial charge is 0.224 e. The van der Waals surface area contributed by atoms with Gasteiger partial charge in [-0.05, 0) is 91.0 Å². The first-order valence-electron chi connectivity index (χ1n) is 17.3. The minimum atomic E-state index is -0.553. The van der Waals surface area contributed by atoms with E-state index in [-0.39, 0.29) is 36.5 Å². The third-order valence-corrected chi connectivity index (χ3v) is 8.21. The van der Waals surface area contributed by atoms with Gasteiger partial charge >= 0.3 is 62.7 Å². The zero-order valence-electron chi connectivity index (χ0n) is 31.2. The van der Waals surface area contributed by atoms with Crippen LogP contribution in [0, 0.1) is 5.92 Å². The van der Waals surface area contributed by atoms with E-state index in [1.807, 2.05) is 39.0 Å². The molecule has 3 aromatic rings. The first-order chi connectivity index (χ1) is 25.9. The van der Waals surface area contributed by atoms with Crippen LogP contribution in [0.5, 0.6) is 11.5 Å². The van der Waals surface area contributed by atoms with Crippen molar-refractivity contribution in [3.63, 3.8) is 0 Å². The van der Waals surface area contributed by atoms with Crippen molar-refractivity contribution in [3.8, 4) is 22.9 Å². The minimum Gasteiger partial charge on any atom is -0.281 e. The number of oxime groups is 1. The molecule has 0 radical (unpaired) electrons. The maximum absolute atomic E-state index is 12.0. The molecule has 2 saturated carbocycles. The summed E-state index contributed by atoms with van der Waals surface area (Å²) in [7, 11) is 0. The molecule has 0 spiro atoms. The largest absolute Gasteiger partial charge is 0.281 e. The van der Waals surface area contributed by atoms with Crippen LogP contribution in [0.25, 0.3) is 11.4 Å². The normalized spacial score (nSPS) is 17.9. The number of carbonyl (C=O) groups excluding carboxylic acids is 3. The van der Waals surface area contributed by atoms with Crippen molar-refractivity contribution >= 4 is 72.1 Å². The molecule has 2 aliphatic carbocycles. The summed E-state index contributed by atoms with van der Waals surface area (Å²) in [4.78, 5) is 38.2. The van der Waals surface area contributed by atoms with Crippen molar-refractivity contribution in [1.82, 2.24) is 20.8 Å². The van der Waals surface area contributed by atoms with Gasteiger partial charge in [0.2, 0.25) is 17.0 Å². The Morgan fingerprint density at radius 1 is 0.893 bits per heavy atom. The molecule has 2 amide bonds. The van der Waals surface area contributed by atoms with Crippen LogP contribution in [0.15, 0.2) is 46.1 Å². The van der Waals surface area contributed by atoms with Crippen molar-refractivity contribution in [1.29, 1.82) is 0 Å². The van der Waals surface area contributed by atoms with E-state index in [0.717, 1.165) is 48.1 Å². The number of carbonyl (C=O) groups is 3. The molecule has 0 saturated heterocycles. The quantitative estimate of drug-likeness (QED) is 0.0570. The second-order valence-corrected chi connectivity index (χ2v) is 31.5. The van der Waals surface area contributed by atoms with Gasteiger partial charge in [-0.1, -0.05) is 42.0 Å². The molecule has 2 aromatic carbocycles. The molecule has 2 atom stereocenters. The van der Waals surface area contributed by atoms with Gasteiger partial charge in [-0.15, -0.1) is 0 Å². The number of nitrogens with two attached hydrogens (primary N) is 1. The van der Waals surface area contributed by atoms with Crippen molar-refractivity contribution in [2.45, 2.75) is 104 Å². The van der Waals surface area contributed by atoms with Crippen LogP contribution in [-0.4, -0.2) is 63.0 Å². The fourth-order valence-corrected chi connectivity index (χ4v) is 5.29. The number of fused-ring (bicyclic) bond motifs is 2. The summed E-state index contributed by atoms with van der Waals surface area (Å²) < 4.78 is 27.1. The number of alkyl carbamates (subject to hydrolysis) is 2. The Labute approximate surface area is 361 Å². The third kappa shape index (κ3) is 15.1. The first kappa shape index (κ1) is 47.5. The Balaban J connectivity index is 0.000000245. The van der Waals surface area contributed by atoms with Gasteiger partial charge in [-0.3, -0.25) is 4.79 Å². The van der Waals surface area contributed by atoms with Crippen LogP contribution in [0.4, 0.5) is 9.59 Å². The molecule has 3 heterocycles. The van der Waals surface area contributed by atoms with Crippen molar-refractivity contribution in [2.24, 2.45) is 16.8 Å². The van der Waals surface area contributed by atoms with E-state index in [1.165, 1.54) is 0 Å². The van der Waals surface area contributed by atoms with Gasteiger partial charge < -0.3 is 45.0 Å². The summed E-state index contributed by atoms with van der Waals surface area (Å²) in [5, 5.41) is 21.1. The van der Waals surface area contributed by atoms with Gasteiger partial charge in [-0.25, -0.2) is 9.59 Å². The van der Waals surface area contributed by atoms with Crippen LogP contribution >= 0.6 is 48.8 Å². The molecule has 2 fully saturated rings. The number of aromatic nitrogens is 2. The molecule has 4 aliphatic rings. The third-order valence-electron chi connectivity index (χ3n) is 7.90. The van der Waals surface area contributed by atoms with Gasteiger partial charge in [0, 0.05) is 34.1 Å². The summed E-state index contributed by atoms with van der Waals surface area (Å²) in [6, 6.07) is 10.4. The summed E-state index contributed by atoms with van der Waals surface area (Å²) >= 11 is 10.3. The molecule has 0 bridgehead atoms. The standard InChI is InChI=1S/C18H21N3O4.C14H19N3O4.C4H5ClO.CH4.I3/c1-18(2,3)24-17(22)19-13-9-23-14-8-11(6-7-12(13)14)15-20-16(25-21-15)10-4-5-10;1-14(2,3)21-13(18)16-10-7-20-11-6-8(12(15)17-19)4-5-9(10)11;5-4(6)3-1-2-3;;1-3-2/h6-8,10,13H,4-5,9H2,1-3H3,(H,19,22);4-6,10,19H,7H2,1-3H3,(H2,15,17)(H,16,18);3H,1-2H2;1H4;/q;;;;-1. The summed E-state index contributed by atoms with van der Waals surface area (Å²) in [5.74, 6) is 3.25. The molecule has 5 N–H and O–H groups in total. The molecule has 310 valence electrons. The van der Waals surface area contributed by atoms with Crippen molar-refractivity contribution in [3.05, 3.63) is 59.0 Å². The number of amides is 2. The molecule has 56 heavy (non-hydrogen) atoms. The summed E-state index contributed by atoms with van der Waals surface area (Å²) in [6.07, 6.45) is 3.32. The van der Waals surface area contributed by atoms with Gasteiger partial charge in [0.25, 0.3) is 0 Å². The van der Waals surface area contributed by atoms with E-state index in [4.69, 9.17) is 46.0 Å². The molecule has 7 rings (SSSR count). The number of rotatable bonds is 6. The fraction of sp³-hybridized carbons (Fsp3) is 0.514. The molecule has 15 nitrogen and oxygen atoms in total.